The van der Waals surface area contributed by atoms with Crippen molar-refractivity contribution in [1.29, 1.82) is 0 Å². The van der Waals surface area contributed by atoms with Gasteiger partial charge in [-0.05, 0) is 55.3 Å². The molecule has 0 aliphatic heterocycles. The molecule has 136 valence electrons. The lowest BCUT2D eigenvalue weighted by atomic mass is 10.1. The molecule has 7 heteroatoms. The van der Waals surface area contributed by atoms with E-state index in [2.05, 4.69) is 15.6 Å². The summed E-state index contributed by atoms with van der Waals surface area (Å²) in [7, 11) is 1.53. The molecule has 0 aromatic heterocycles. The Bertz CT molecular complexity index is 726. The minimum atomic E-state index is -0.480. The van der Waals surface area contributed by atoms with Gasteiger partial charge in [0.2, 0.25) is 0 Å². The quantitative estimate of drug-likeness (QED) is 0.648. The molecule has 5 nitrogen and oxygen atoms in total. The van der Waals surface area contributed by atoms with Crippen molar-refractivity contribution in [2.24, 2.45) is 10.7 Å². The van der Waals surface area contributed by atoms with Crippen LogP contribution >= 0.6 is 11.6 Å². The van der Waals surface area contributed by atoms with Gasteiger partial charge in [-0.2, -0.15) is 0 Å². The molecule has 0 aliphatic rings. The topological polar surface area (TPSA) is 79.5 Å². The average Bonchev–Trinajstić information content (AvgIpc) is 2.60. The zero-order valence-electron chi connectivity index (χ0n) is 14.9. The molecule has 0 bridgehead atoms. The molecule has 0 radical (unpaired) electrons. The van der Waals surface area contributed by atoms with Crippen LogP contribution in [0.3, 0.4) is 0 Å². The van der Waals surface area contributed by atoms with Crippen LogP contribution in [-0.2, 0) is 11.3 Å². The number of amides is 1. The number of benzene rings is 1. The minimum Gasteiger partial charge on any atom is -0.404 e. The van der Waals surface area contributed by atoms with Crippen LogP contribution in [-0.4, -0.2) is 18.7 Å². The average molecular weight is 367 g/mol. The molecule has 4 N–H and O–H groups in total. The molecule has 1 amide bonds. The van der Waals surface area contributed by atoms with E-state index in [9.17, 15) is 9.18 Å². The molecule has 0 saturated heterocycles. The van der Waals surface area contributed by atoms with E-state index in [0.717, 1.165) is 12.0 Å². The Morgan fingerprint density at radius 1 is 1.40 bits per heavy atom. The first kappa shape index (κ1) is 20.7. The van der Waals surface area contributed by atoms with Gasteiger partial charge in [0.25, 0.3) is 5.91 Å². The number of allylic oxidation sites excluding steroid dienone is 1. The highest BCUT2D eigenvalue weighted by atomic mass is 35.5. The Labute approximate surface area is 152 Å². The maximum atomic E-state index is 13.5. The first-order valence-electron chi connectivity index (χ1n) is 7.88. The summed E-state index contributed by atoms with van der Waals surface area (Å²) in [6.07, 6.45) is 2.07. The van der Waals surface area contributed by atoms with Crippen LogP contribution in [0.2, 0.25) is 5.02 Å². The zero-order chi connectivity index (χ0) is 19.0. The summed E-state index contributed by atoms with van der Waals surface area (Å²) in [4.78, 5) is 16.4. The van der Waals surface area contributed by atoms with Crippen molar-refractivity contribution in [2.75, 3.05) is 7.05 Å². The molecule has 25 heavy (non-hydrogen) atoms. The summed E-state index contributed by atoms with van der Waals surface area (Å²) in [6, 6.07) is 4.58. The molecule has 0 heterocycles. The SMILES string of the molecule is CC/C(C)=C(/NCc1ccc(Cl)c(F)c1)NC(=O)C(=NC)C(C)=CN. The van der Waals surface area contributed by atoms with Crippen LogP contribution in [0.4, 0.5) is 4.39 Å². The second-order valence-electron chi connectivity index (χ2n) is 5.49. The maximum absolute atomic E-state index is 13.5. The molecule has 1 aromatic rings. The first-order chi connectivity index (χ1) is 11.8. The van der Waals surface area contributed by atoms with Crippen LogP contribution in [0.1, 0.15) is 32.8 Å². The zero-order valence-corrected chi connectivity index (χ0v) is 15.7. The number of carbonyl (C=O) groups excluding carboxylic acids is 1. The van der Waals surface area contributed by atoms with Crippen LogP contribution < -0.4 is 16.4 Å². The number of aliphatic imine (C=N–C) groups is 1. The molecule has 0 saturated carbocycles. The number of nitrogens with two attached hydrogens (primary N) is 1. The lowest BCUT2D eigenvalue weighted by molar-refractivity contribution is -0.114. The third-order valence-corrected chi connectivity index (χ3v) is 4.02. The highest BCUT2D eigenvalue weighted by Crippen LogP contribution is 2.16. The van der Waals surface area contributed by atoms with Gasteiger partial charge in [-0.1, -0.05) is 24.6 Å². The van der Waals surface area contributed by atoms with Gasteiger partial charge in [-0.3, -0.25) is 9.79 Å². The van der Waals surface area contributed by atoms with Gasteiger partial charge in [-0.15, -0.1) is 0 Å². The molecule has 0 atom stereocenters. The predicted molar refractivity (Wildman–Crippen MR) is 101 cm³/mol. The molecule has 0 fully saturated rings. The number of rotatable bonds is 7. The van der Waals surface area contributed by atoms with Crippen molar-refractivity contribution in [2.45, 2.75) is 33.7 Å². The number of halogens is 2. The van der Waals surface area contributed by atoms with Crippen LogP contribution in [0.5, 0.6) is 0 Å². The smallest absolute Gasteiger partial charge is 0.275 e. The summed E-state index contributed by atoms with van der Waals surface area (Å²) in [6.45, 7) is 5.93. The van der Waals surface area contributed by atoms with Gasteiger partial charge in [0.05, 0.1) is 5.02 Å². The lowest BCUT2D eigenvalue weighted by Crippen LogP contribution is -2.37. The van der Waals surface area contributed by atoms with Gasteiger partial charge in [0.15, 0.2) is 0 Å². The van der Waals surface area contributed by atoms with E-state index in [1.165, 1.54) is 25.4 Å². The summed E-state index contributed by atoms with van der Waals surface area (Å²) in [5, 5.41) is 6.02. The van der Waals surface area contributed by atoms with Gasteiger partial charge < -0.3 is 16.4 Å². The van der Waals surface area contributed by atoms with Gasteiger partial charge in [-0.25, -0.2) is 4.39 Å². The third kappa shape index (κ3) is 5.90. The fourth-order valence-corrected chi connectivity index (χ4v) is 2.14. The highest BCUT2D eigenvalue weighted by molar-refractivity contribution is 6.45. The van der Waals surface area contributed by atoms with Crippen LogP contribution in [0.15, 0.2) is 46.4 Å². The van der Waals surface area contributed by atoms with Crippen molar-refractivity contribution < 1.29 is 9.18 Å². The standard InChI is InChI=1S/C18H24ClFN4O/c1-5-11(2)17(24-18(25)16(22-4)12(3)9-21)23-10-13-6-7-14(19)15(20)8-13/h6-9,23H,5,10,21H2,1-4H3,(H,24,25)/b12-9?,17-11-,22-16?. The Kier molecular flexibility index (Phi) is 8.15. The molecule has 0 spiro atoms. The summed E-state index contributed by atoms with van der Waals surface area (Å²) in [5.41, 5.74) is 7.96. The summed E-state index contributed by atoms with van der Waals surface area (Å²) < 4.78 is 13.5. The van der Waals surface area contributed by atoms with Crippen molar-refractivity contribution >= 4 is 23.2 Å². The Morgan fingerprint density at radius 3 is 2.60 bits per heavy atom. The number of carbonyl (C=O) groups is 1. The highest BCUT2D eigenvalue weighted by Gasteiger charge is 2.15. The van der Waals surface area contributed by atoms with E-state index in [0.29, 0.717) is 23.5 Å². The van der Waals surface area contributed by atoms with Gasteiger partial charge >= 0.3 is 0 Å². The number of hydrogen-bond acceptors (Lipinski definition) is 4. The van der Waals surface area contributed by atoms with Gasteiger partial charge in [0, 0.05) is 13.6 Å². The minimum absolute atomic E-state index is 0.0744. The van der Waals surface area contributed by atoms with E-state index < -0.39 is 5.82 Å². The Balaban J connectivity index is 2.92. The number of nitrogens with zero attached hydrogens (tertiary/aromatic N) is 1. The normalized spacial score (nSPS) is 13.4. The second kappa shape index (κ2) is 9.84. The van der Waals surface area contributed by atoms with Gasteiger partial charge in [0.1, 0.15) is 17.3 Å². The van der Waals surface area contributed by atoms with Crippen molar-refractivity contribution in [3.63, 3.8) is 0 Å². The molecule has 0 aliphatic carbocycles. The fourth-order valence-electron chi connectivity index (χ4n) is 2.03. The van der Waals surface area contributed by atoms with Crippen molar-refractivity contribution in [3.8, 4) is 0 Å². The predicted octanol–water partition coefficient (Wildman–Crippen LogP) is 3.26. The first-order valence-corrected chi connectivity index (χ1v) is 8.26. The monoisotopic (exact) mass is 366 g/mol. The maximum Gasteiger partial charge on any atom is 0.275 e. The van der Waals surface area contributed by atoms with Crippen molar-refractivity contribution in [1.82, 2.24) is 10.6 Å². The number of nitrogens with one attached hydrogen (secondary N) is 2. The molecule has 1 aromatic carbocycles. The molecular weight excluding hydrogens is 343 g/mol. The Hall–Kier alpha value is -2.34. The summed E-state index contributed by atoms with van der Waals surface area (Å²) in [5.74, 6) is -0.278. The fraction of sp³-hybridized carbons (Fsp3) is 0.333. The number of hydrogen-bond donors (Lipinski definition) is 3. The molecule has 1 rings (SSSR count). The van der Waals surface area contributed by atoms with E-state index >= 15 is 0 Å². The second-order valence-corrected chi connectivity index (χ2v) is 5.89. The lowest BCUT2D eigenvalue weighted by Gasteiger charge is -2.17. The third-order valence-electron chi connectivity index (χ3n) is 3.71. The van der Waals surface area contributed by atoms with E-state index in [1.807, 2.05) is 13.8 Å². The van der Waals surface area contributed by atoms with Crippen LogP contribution in [0, 0.1) is 5.82 Å². The summed E-state index contributed by atoms with van der Waals surface area (Å²) >= 11 is 5.69. The Morgan fingerprint density at radius 2 is 2.08 bits per heavy atom. The van der Waals surface area contributed by atoms with Crippen molar-refractivity contribution in [3.05, 3.63) is 57.8 Å². The molecule has 0 unspecified atom stereocenters. The van der Waals surface area contributed by atoms with Crippen LogP contribution in [0.25, 0.3) is 0 Å². The van der Waals surface area contributed by atoms with E-state index in [-0.39, 0.29) is 16.6 Å². The van der Waals surface area contributed by atoms with E-state index in [4.69, 9.17) is 17.3 Å². The van der Waals surface area contributed by atoms with E-state index in [1.54, 1.807) is 13.0 Å². The molecular formula is C18H24ClFN4O. The largest absolute Gasteiger partial charge is 0.404 e.